The fourth-order valence-electron chi connectivity index (χ4n) is 1.57. The predicted molar refractivity (Wildman–Crippen MR) is 70.1 cm³/mol. The molecule has 7 heteroatoms. The second kappa shape index (κ2) is 6.67. The summed E-state index contributed by atoms with van der Waals surface area (Å²) >= 11 is 0. The van der Waals surface area contributed by atoms with Gasteiger partial charge in [0.2, 0.25) is 10.0 Å². The zero-order valence-electron chi connectivity index (χ0n) is 10.9. The van der Waals surface area contributed by atoms with Crippen LogP contribution >= 0.6 is 0 Å². The summed E-state index contributed by atoms with van der Waals surface area (Å²) < 4.78 is 31.2. The Kier molecular flexibility index (Phi) is 5.52. The molecule has 0 radical (unpaired) electrons. The van der Waals surface area contributed by atoms with Crippen molar-refractivity contribution in [3.63, 3.8) is 0 Å². The molecule has 0 amide bonds. The summed E-state index contributed by atoms with van der Waals surface area (Å²) in [5.41, 5.74) is 0. The molecule has 0 saturated carbocycles. The lowest BCUT2D eigenvalue weighted by atomic mass is 10.5. The molecule has 1 N–H and O–H groups in total. The standard InChI is InChI=1S/C11H19N3O3S/c1-4-14(8-9-17-3)18(15,16)10-6-5-7-13-11(10)12-2/h5-7H,4,8-9H2,1-3H3,(H,12,13). The lowest BCUT2D eigenvalue weighted by Gasteiger charge is -2.21. The fourth-order valence-corrected chi connectivity index (χ4v) is 3.15. The van der Waals surface area contributed by atoms with E-state index in [2.05, 4.69) is 10.3 Å². The van der Waals surface area contributed by atoms with E-state index in [0.717, 1.165) is 0 Å². The molecule has 0 spiro atoms. The van der Waals surface area contributed by atoms with Crippen LogP contribution in [0.15, 0.2) is 23.2 Å². The first kappa shape index (κ1) is 14.9. The third kappa shape index (κ3) is 3.18. The van der Waals surface area contributed by atoms with Gasteiger partial charge in [-0.05, 0) is 12.1 Å². The number of hydrogen-bond donors (Lipinski definition) is 1. The molecule has 0 fully saturated rings. The van der Waals surface area contributed by atoms with Gasteiger partial charge in [-0.1, -0.05) is 6.92 Å². The third-order valence-electron chi connectivity index (χ3n) is 2.52. The van der Waals surface area contributed by atoms with Crippen molar-refractivity contribution >= 4 is 15.8 Å². The Morgan fingerprint density at radius 1 is 1.50 bits per heavy atom. The van der Waals surface area contributed by atoms with E-state index in [1.807, 2.05) is 0 Å². The van der Waals surface area contributed by atoms with Crippen LogP contribution in [0.4, 0.5) is 5.82 Å². The Labute approximate surface area is 108 Å². The van der Waals surface area contributed by atoms with Crippen LogP contribution in [0, 0.1) is 0 Å². The normalized spacial score (nSPS) is 11.8. The zero-order valence-corrected chi connectivity index (χ0v) is 11.7. The molecule has 1 rings (SSSR count). The summed E-state index contributed by atoms with van der Waals surface area (Å²) in [6.07, 6.45) is 1.55. The van der Waals surface area contributed by atoms with Crippen LogP contribution in [0.2, 0.25) is 0 Å². The molecule has 0 saturated heterocycles. The quantitative estimate of drug-likeness (QED) is 0.795. The Bertz CT molecular complexity index is 476. The number of likely N-dealkylation sites (N-methyl/N-ethyl adjacent to an activating group) is 1. The average molecular weight is 273 g/mol. The minimum absolute atomic E-state index is 0.186. The smallest absolute Gasteiger partial charge is 0.246 e. The summed E-state index contributed by atoms with van der Waals surface area (Å²) in [5.74, 6) is 0.355. The number of aromatic nitrogens is 1. The maximum atomic E-state index is 12.4. The number of sulfonamides is 1. The molecule has 102 valence electrons. The van der Waals surface area contributed by atoms with Gasteiger partial charge in [0, 0.05) is 33.4 Å². The van der Waals surface area contributed by atoms with Crippen molar-refractivity contribution in [2.75, 3.05) is 39.2 Å². The van der Waals surface area contributed by atoms with Gasteiger partial charge in [-0.15, -0.1) is 0 Å². The lowest BCUT2D eigenvalue weighted by molar-refractivity contribution is 0.180. The molecule has 18 heavy (non-hydrogen) atoms. The molecule has 0 bridgehead atoms. The van der Waals surface area contributed by atoms with Gasteiger partial charge in [-0.25, -0.2) is 13.4 Å². The highest BCUT2D eigenvalue weighted by Crippen LogP contribution is 2.21. The molecule has 1 heterocycles. The van der Waals surface area contributed by atoms with Gasteiger partial charge in [0.25, 0.3) is 0 Å². The number of pyridine rings is 1. The molecule has 0 unspecified atom stereocenters. The highest BCUT2D eigenvalue weighted by Gasteiger charge is 2.25. The van der Waals surface area contributed by atoms with Gasteiger partial charge < -0.3 is 10.1 Å². The monoisotopic (exact) mass is 273 g/mol. The number of nitrogens with one attached hydrogen (secondary N) is 1. The van der Waals surface area contributed by atoms with Crippen LogP contribution in [0.25, 0.3) is 0 Å². The summed E-state index contributed by atoms with van der Waals surface area (Å²) in [7, 11) is -0.347. The van der Waals surface area contributed by atoms with Gasteiger partial charge in [-0.3, -0.25) is 0 Å². The molecule has 0 atom stereocenters. The van der Waals surface area contributed by atoms with Crippen LogP contribution < -0.4 is 5.32 Å². The second-order valence-electron chi connectivity index (χ2n) is 3.59. The van der Waals surface area contributed by atoms with Crippen molar-refractivity contribution in [3.05, 3.63) is 18.3 Å². The highest BCUT2D eigenvalue weighted by molar-refractivity contribution is 7.89. The number of ether oxygens (including phenoxy) is 1. The van der Waals surface area contributed by atoms with Crippen molar-refractivity contribution in [1.82, 2.24) is 9.29 Å². The number of nitrogens with zero attached hydrogens (tertiary/aromatic N) is 2. The first-order chi connectivity index (χ1) is 8.57. The van der Waals surface area contributed by atoms with E-state index in [9.17, 15) is 8.42 Å². The summed E-state index contributed by atoms with van der Waals surface area (Å²) in [5, 5.41) is 2.79. The molecule has 0 aliphatic rings. The van der Waals surface area contributed by atoms with E-state index in [1.54, 1.807) is 39.4 Å². The van der Waals surface area contributed by atoms with Crippen molar-refractivity contribution in [3.8, 4) is 0 Å². The number of hydrogen-bond acceptors (Lipinski definition) is 5. The van der Waals surface area contributed by atoms with E-state index in [-0.39, 0.29) is 4.90 Å². The molecule has 0 aromatic carbocycles. The lowest BCUT2D eigenvalue weighted by Crippen LogP contribution is -2.34. The number of anilines is 1. The van der Waals surface area contributed by atoms with Gasteiger partial charge >= 0.3 is 0 Å². The van der Waals surface area contributed by atoms with Crippen LogP contribution in [0.3, 0.4) is 0 Å². The molecule has 6 nitrogen and oxygen atoms in total. The fraction of sp³-hybridized carbons (Fsp3) is 0.545. The second-order valence-corrected chi connectivity index (χ2v) is 5.50. The van der Waals surface area contributed by atoms with E-state index in [0.29, 0.717) is 25.5 Å². The zero-order chi connectivity index (χ0) is 13.6. The third-order valence-corrected chi connectivity index (χ3v) is 4.53. The van der Waals surface area contributed by atoms with Gasteiger partial charge in [0.15, 0.2) is 0 Å². The Balaban J connectivity index is 3.10. The largest absolute Gasteiger partial charge is 0.383 e. The van der Waals surface area contributed by atoms with Crippen LogP contribution in [-0.2, 0) is 14.8 Å². The predicted octanol–water partition coefficient (Wildman–Crippen LogP) is 0.780. The molecule has 1 aromatic heterocycles. The summed E-state index contributed by atoms with van der Waals surface area (Å²) in [6.45, 7) is 2.88. The van der Waals surface area contributed by atoms with Crippen molar-refractivity contribution < 1.29 is 13.2 Å². The maximum absolute atomic E-state index is 12.4. The average Bonchev–Trinajstić information content (AvgIpc) is 2.39. The summed E-state index contributed by atoms with van der Waals surface area (Å²) in [6, 6.07) is 3.15. The van der Waals surface area contributed by atoms with Crippen LogP contribution in [0.1, 0.15) is 6.92 Å². The first-order valence-corrected chi connectivity index (χ1v) is 7.13. The van der Waals surface area contributed by atoms with Crippen LogP contribution in [-0.4, -0.2) is 51.6 Å². The highest BCUT2D eigenvalue weighted by atomic mass is 32.2. The Morgan fingerprint density at radius 2 is 2.22 bits per heavy atom. The van der Waals surface area contributed by atoms with E-state index < -0.39 is 10.0 Å². The topological polar surface area (TPSA) is 71.5 Å². The van der Waals surface area contributed by atoms with Crippen molar-refractivity contribution in [2.24, 2.45) is 0 Å². The first-order valence-electron chi connectivity index (χ1n) is 5.69. The van der Waals surface area contributed by atoms with Gasteiger partial charge in [0.05, 0.1) is 6.61 Å². The minimum Gasteiger partial charge on any atom is -0.383 e. The maximum Gasteiger partial charge on any atom is 0.246 e. The van der Waals surface area contributed by atoms with E-state index in [4.69, 9.17) is 4.74 Å². The van der Waals surface area contributed by atoms with Crippen molar-refractivity contribution in [2.45, 2.75) is 11.8 Å². The molecule has 0 aliphatic heterocycles. The van der Waals surface area contributed by atoms with Gasteiger partial charge in [-0.2, -0.15) is 4.31 Å². The molecule has 1 aromatic rings. The number of methoxy groups -OCH3 is 1. The molecule has 0 aliphatic carbocycles. The van der Waals surface area contributed by atoms with Crippen LogP contribution in [0.5, 0.6) is 0 Å². The Hall–Kier alpha value is -1.18. The summed E-state index contributed by atoms with van der Waals surface area (Å²) in [4.78, 5) is 4.20. The molecular weight excluding hydrogens is 254 g/mol. The molecular formula is C11H19N3O3S. The van der Waals surface area contributed by atoms with Gasteiger partial charge in [0.1, 0.15) is 10.7 Å². The minimum atomic E-state index is -3.54. The van der Waals surface area contributed by atoms with Crippen molar-refractivity contribution in [1.29, 1.82) is 0 Å². The van der Waals surface area contributed by atoms with E-state index >= 15 is 0 Å². The Morgan fingerprint density at radius 3 is 2.78 bits per heavy atom. The SMILES string of the molecule is CCN(CCOC)S(=O)(=O)c1cccnc1NC. The van der Waals surface area contributed by atoms with E-state index in [1.165, 1.54) is 4.31 Å². The number of rotatable bonds is 7.